The van der Waals surface area contributed by atoms with Gasteiger partial charge in [-0.05, 0) is 24.3 Å². The zero-order valence-electron chi connectivity index (χ0n) is 9.65. The van der Waals surface area contributed by atoms with E-state index >= 15 is 0 Å². The van der Waals surface area contributed by atoms with Crippen LogP contribution in [-0.4, -0.2) is 0 Å². The second-order valence-corrected chi connectivity index (χ2v) is 4.59. The number of hydrogen-bond acceptors (Lipinski definition) is 4. The van der Waals surface area contributed by atoms with Crippen LogP contribution in [0.3, 0.4) is 0 Å². The number of benzene rings is 2. The largest absolute Gasteiger partial charge is 0.454 e. The SMILES string of the molecule is N#Cc1cc(N)ccc1Oc1cc(N)c(Cl)cc1Cl. The van der Waals surface area contributed by atoms with Gasteiger partial charge in [-0.3, -0.25) is 0 Å². The van der Waals surface area contributed by atoms with Gasteiger partial charge < -0.3 is 16.2 Å². The minimum Gasteiger partial charge on any atom is -0.454 e. The summed E-state index contributed by atoms with van der Waals surface area (Å²) in [5.74, 6) is 0.671. The highest BCUT2D eigenvalue weighted by molar-refractivity contribution is 6.37. The van der Waals surface area contributed by atoms with E-state index in [9.17, 15) is 0 Å². The number of rotatable bonds is 2. The molecular formula is C13H9Cl2N3O. The molecule has 0 saturated heterocycles. The average Bonchev–Trinajstić information content (AvgIpc) is 2.37. The number of ether oxygens (including phenoxy) is 1. The molecule has 0 aliphatic carbocycles. The van der Waals surface area contributed by atoms with Crippen molar-refractivity contribution in [2.24, 2.45) is 0 Å². The Bertz CT molecular complexity index is 680. The van der Waals surface area contributed by atoms with Crippen LogP contribution < -0.4 is 16.2 Å². The molecule has 2 rings (SSSR count). The molecule has 96 valence electrons. The fourth-order valence-corrected chi connectivity index (χ4v) is 1.89. The molecule has 4 N–H and O–H groups in total. The summed E-state index contributed by atoms with van der Waals surface area (Å²) in [5.41, 5.74) is 12.4. The van der Waals surface area contributed by atoms with Gasteiger partial charge in [-0.25, -0.2) is 0 Å². The van der Waals surface area contributed by atoms with Gasteiger partial charge in [0.15, 0.2) is 0 Å². The fraction of sp³-hybridized carbons (Fsp3) is 0. The van der Waals surface area contributed by atoms with Crippen molar-refractivity contribution in [1.82, 2.24) is 0 Å². The third-order valence-electron chi connectivity index (χ3n) is 2.40. The molecular weight excluding hydrogens is 285 g/mol. The lowest BCUT2D eigenvalue weighted by molar-refractivity contribution is 0.482. The molecule has 6 heteroatoms. The molecule has 0 radical (unpaired) electrons. The van der Waals surface area contributed by atoms with Gasteiger partial charge >= 0.3 is 0 Å². The molecule has 2 aromatic carbocycles. The summed E-state index contributed by atoms with van der Waals surface area (Å²) in [5, 5.41) is 9.67. The van der Waals surface area contributed by atoms with E-state index in [4.69, 9.17) is 44.7 Å². The third-order valence-corrected chi connectivity index (χ3v) is 3.02. The van der Waals surface area contributed by atoms with Crippen LogP contribution in [0.4, 0.5) is 11.4 Å². The molecule has 0 bridgehead atoms. The van der Waals surface area contributed by atoms with Crippen LogP contribution in [0.2, 0.25) is 10.0 Å². The van der Waals surface area contributed by atoms with Crippen molar-refractivity contribution in [1.29, 1.82) is 5.26 Å². The van der Waals surface area contributed by atoms with E-state index in [2.05, 4.69) is 0 Å². The lowest BCUT2D eigenvalue weighted by Crippen LogP contribution is -1.94. The second-order valence-electron chi connectivity index (χ2n) is 3.77. The summed E-state index contributed by atoms with van der Waals surface area (Å²) in [6.45, 7) is 0. The molecule has 0 atom stereocenters. The van der Waals surface area contributed by atoms with Crippen LogP contribution in [-0.2, 0) is 0 Å². The van der Waals surface area contributed by atoms with Crippen LogP contribution in [0.1, 0.15) is 5.56 Å². The maximum atomic E-state index is 9.02. The van der Waals surface area contributed by atoms with E-state index in [1.165, 1.54) is 18.2 Å². The third kappa shape index (κ3) is 2.84. The molecule has 0 spiro atoms. The topological polar surface area (TPSA) is 85.1 Å². The molecule has 4 nitrogen and oxygen atoms in total. The van der Waals surface area contributed by atoms with E-state index in [0.717, 1.165) is 0 Å². The van der Waals surface area contributed by atoms with E-state index in [0.29, 0.717) is 38.5 Å². The first kappa shape index (κ1) is 13.3. The first-order chi connectivity index (χ1) is 9.01. The predicted octanol–water partition coefficient (Wildman–Crippen LogP) is 3.82. The molecule has 0 aromatic heterocycles. The number of halogens is 2. The summed E-state index contributed by atoms with van der Waals surface area (Å²) < 4.78 is 5.57. The maximum absolute atomic E-state index is 9.02. The smallest absolute Gasteiger partial charge is 0.148 e. The summed E-state index contributed by atoms with van der Waals surface area (Å²) >= 11 is 11.8. The van der Waals surface area contributed by atoms with Crippen molar-refractivity contribution in [3.8, 4) is 17.6 Å². The van der Waals surface area contributed by atoms with Gasteiger partial charge in [-0.15, -0.1) is 0 Å². The lowest BCUT2D eigenvalue weighted by atomic mass is 10.2. The Labute approximate surface area is 120 Å². The Hall–Kier alpha value is -2.09. The average molecular weight is 294 g/mol. The monoisotopic (exact) mass is 293 g/mol. The Morgan fingerprint density at radius 2 is 1.74 bits per heavy atom. The van der Waals surface area contributed by atoms with Crippen molar-refractivity contribution in [3.05, 3.63) is 45.9 Å². The number of nitrogen functional groups attached to an aromatic ring is 2. The normalized spacial score (nSPS) is 9.95. The Morgan fingerprint density at radius 1 is 1.00 bits per heavy atom. The van der Waals surface area contributed by atoms with E-state index in [-0.39, 0.29) is 0 Å². The zero-order valence-corrected chi connectivity index (χ0v) is 11.2. The summed E-state index contributed by atoms with van der Waals surface area (Å²) in [6.07, 6.45) is 0. The van der Waals surface area contributed by atoms with E-state index in [1.807, 2.05) is 6.07 Å². The van der Waals surface area contributed by atoms with Gasteiger partial charge in [0.2, 0.25) is 0 Å². The van der Waals surface area contributed by atoms with Crippen LogP contribution >= 0.6 is 23.2 Å². The minimum absolute atomic E-state index is 0.305. The van der Waals surface area contributed by atoms with Crippen LogP contribution in [0, 0.1) is 11.3 Å². The summed E-state index contributed by atoms with van der Waals surface area (Å²) in [4.78, 5) is 0. The van der Waals surface area contributed by atoms with Crippen molar-refractivity contribution in [2.45, 2.75) is 0 Å². The van der Waals surface area contributed by atoms with Crippen LogP contribution in [0.25, 0.3) is 0 Å². The highest BCUT2D eigenvalue weighted by Crippen LogP contribution is 2.36. The van der Waals surface area contributed by atoms with Crippen molar-refractivity contribution < 1.29 is 4.74 Å². The van der Waals surface area contributed by atoms with E-state index < -0.39 is 0 Å². The Balaban J connectivity index is 2.42. The summed E-state index contributed by atoms with van der Waals surface area (Å²) in [7, 11) is 0. The second kappa shape index (κ2) is 5.27. The highest BCUT2D eigenvalue weighted by Gasteiger charge is 2.10. The number of hydrogen-bond donors (Lipinski definition) is 2. The number of nitriles is 1. The fourth-order valence-electron chi connectivity index (χ4n) is 1.47. The molecule has 0 heterocycles. The molecule has 0 unspecified atom stereocenters. The highest BCUT2D eigenvalue weighted by atomic mass is 35.5. The first-order valence-electron chi connectivity index (χ1n) is 5.23. The molecule has 0 aliphatic rings. The first-order valence-corrected chi connectivity index (χ1v) is 5.99. The molecule has 0 fully saturated rings. The standard InChI is InChI=1S/C13H9Cl2N3O/c14-9-4-10(15)13(5-11(9)18)19-12-2-1-8(17)3-7(12)6-16/h1-5H,17-18H2. The van der Waals surface area contributed by atoms with Crippen molar-refractivity contribution >= 4 is 34.6 Å². The van der Waals surface area contributed by atoms with Gasteiger partial charge in [0.05, 0.1) is 21.3 Å². The van der Waals surface area contributed by atoms with Gasteiger partial charge in [0.25, 0.3) is 0 Å². The Kier molecular flexibility index (Phi) is 3.70. The quantitative estimate of drug-likeness (QED) is 0.824. The number of nitrogens with zero attached hydrogens (tertiary/aromatic N) is 1. The molecule has 0 aliphatic heterocycles. The molecule has 0 saturated carbocycles. The maximum Gasteiger partial charge on any atom is 0.148 e. The number of nitrogens with two attached hydrogens (primary N) is 2. The van der Waals surface area contributed by atoms with Crippen LogP contribution in [0.15, 0.2) is 30.3 Å². The van der Waals surface area contributed by atoms with Crippen molar-refractivity contribution in [3.63, 3.8) is 0 Å². The summed E-state index contributed by atoms with van der Waals surface area (Å²) in [6, 6.07) is 9.72. The lowest BCUT2D eigenvalue weighted by Gasteiger charge is -2.11. The van der Waals surface area contributed by atoms with E-state index in [1.54, 1.807) is 12.1 Å². The van der Waals surface area contributed by atoms with Crippen molar-refractivity contribution in [2.75, 3.05) is 11.5 Å². The Morgan fingerprint density at radius 3 is 2.42 bits per heavy atom. The molecule has 2 aromatic rings. The predicted molar refractivity (Wildman–Crippen MR) is 76.5 cm³/mol. The van der Waals surface area contributed by atoms with Gasteiger partial charge in [0, 0.05) is 11.8 Å². The molecule has 19 heavy (non-hydrogen) atoms. The zero-order chi connectivity index (χ0) is 14.0. The van der Waals surface area contributed by atoms with Gasteiger partial charge in [-0.2, -0.15) is 5.26 Å². The van der Waals surface area contributed by atoms with Gasteiger partial charge in [-0.1, -0.05) is 23.2 Å². The number of anilines is 2. The van der Waals surface area contributed by atoms with Crippen LogP contribution in [0.5, 0.6) is 11.5 Å². The van der Waals surface area contributed by atoms with Gasteiger partial charge in [0.1, 0.15) is 17.6 Å². The molecule has 0 amide bonds. The minimum atomic E-state index is 0.305.